The Labute approximate surface area is 148 Å². The summed E-state index contributed by atoms with van der Waals surface area (Å²) in [6, 6.07) is 13.9. The molecule has 1 atom stereocenters. The van der Waals surface area contributed by atoms with Crippen molar-refractivity contribution in [3.63, 3.8) is 0 Å². The van der Waals surface area contributed by atoms with Crippen LogP contribution in [0.25, 0.3) is 0 Å². The Hall–Kier alpha value is -2.40. The average Bonchev–Trinajstić information content (AvgIpc) is 2.63. The summed E-state index contributed by atoms with van der Waals surface area (Å²) in [6.07, 6.45) is 5.16. The maximum Gasteiger partial charge on any atom is 0.238 e. The highest BCUT2D eigenvalue weighted by atomic mass is 16.5. The Morgan fingerprint density at radius 1 is 1.32 bits per heavy atom. The van der Waals surface area contributed by atoms with E-state index in [1.807, 2.05) is 36.4 Å². The molecule has 1 unspecified atom stereocenters. The summed E-state index contributed by atoms with van der Waals surface area (Å²) in [5.74, 6) is 0.612. The van der Waals surface area contributed by atoms with Gasteiger partial charge in [0.2, 0.25) is 5.91 Å². The van der Waals surface area contributed by atoms with Gasteiger partial charge < -0.3 is 10.5 Å². The quantitative estimate of drug-likeness (QED) is 0.802. The zero-order chi connectivity index (χ0) is 17.7. The van der Waals surface area contributed by atoms with Crippen LogP contribution in [0.4, 0.5) is 0 Å². The molecule has 5 nitrogen and oxygen atoms in total. The Morgan fingerprint density at radius 2 is 2.20 bits per heavy atom. The van der Waals surface area contributed by atoms with Gasteiger partial charge >= 0.3 is 0 Å². The van der Waals surface area contributed by atoms with Crippen molar-refractivity contribution in [2.24, 2.45) is 5.73 Å². The molecule has 2 heterocycles. The van der Waals surface area contributed by atoms with Crippen LogP contribution in [0.1, 0.15) is 30.5 Å². The maximum atomic E-state index is 12.2. The van der Waals surface area contributed by atoms with E-state index in [9.17, 15) is 4.79 Å². The van der Waals surface area contributed by atoms with Crippen LogP contribution >= 0.6 is 0 Å². The monoisotopic (exact) mass is 339 g/mol. The van der Waals surface area contributed by atoms with Crippen molar-refractivity contribution in [2.75, 3.05) is 13.7 Å². The van der Waals surface area contributed by atoms with E-state index in [1.54, 1.807) is 13.3 Å². The number of carbonyl (C=O) groups excluding carboxylic acids is 1. The van der Waals surface area contributed by atoms with Gasteiger partial charge in [-0.2, -0.15) is 0 Å². The van der Waals surface area contributed by atoms with E-state index < -0.39 is 5.54 Å². The molecule has 0 saturated carbocycles. The number of nitrogens with zero attached hydrogens (tertiary/aromatic N) is 2. The van der Waals surface area contributed by atoms with E-state index in [4.69, 9.17) is 10.5 Å². The lowest BCUT2D eigenvalue weighted by molar-refractivity contribution is -0.141. The maximum absolute atomic E-state index is 12.2. The van der Waals surface area contributed by atoms with Gasteiger partial charge in [-0.3, -0.25) is 14.7 Å². The number of hydrogen-bond acceptors (Lipinski definition) is 4. The van der Waals surface area contributed by atoms with Crippen molar-refractivity contribution in [1.29, 1.82) is 0 Å². The number of ether oxygens (including phenoxy) is 1. The molecule has 2 N–H and O–H groups in total. The number of methoxy groups -OCH3 is 1. The number of carbonyl (C=O) groups is 1. The van der Waals surface area contributed by atoms with Crippen molar-refractivity contribution >= 4 is 5.91 Å². The van der Waals surface area contributed by atoms with Crippen LogP contribution in [-0.2, 0) is 17.8 Å². The minimum Gasteiger partial charge on any atom is -0.497 e. The van der Waals surface area contributed by atoms with Gasteiger partial charge in [0.1, 0.15) is 11.3 Å². The van der Waals surface area contributed by atoms with Crippen LogP contribution in [0.15, 0.2) is 48.7 Å². The number of hydrogen-bond donors (Lipinski definition) is 1. The molecule has 1 saturated heterocycles. The number of primary amides is 1. The number of pyridine rings is 1. The van der Waals surface area contributed by atoms with Crippen LogP contribution in [0, 0.1) is 0 Å². The summed E-state index contributed by atoms with van der Waals surface area (Å²) in [4.78, 5) is 18.8. The second-order valence-corrected chi connectivity index (χ2v) is 6.59. The van der Waals surface area contributed by atoms with Crippen molar-refractivity contribution in [3.8, 4) is 5.75 Å². The third-order valence-electron chi connectivity index (χ3n) is 5.12. The van der Waals surface area contributed by atoms with Crippen molar-refractivity contribution in [3.05, 3.63) is 59.9 Å². The molecule has 5 heteroatoms. The molecule has 25 heavy (non-hydrogen) atoms. The minimum atomic E-state index is -0.530. The Balaban J connectivity index is 1.64. The second kappa shape index (κ2) is 7.66. The number of amides is 1. The van der Waals surface area contributed by atoms with Crippen LogP contribution < -0.4 is 10.5 Å². The fraction of sp³-hybridized carbons (Fsp3) is 0.400. The van der Waals surface area contributed by atoms with E-state index in [2.05, 4.69) is 16.0 Å². The third-order valence-corrected chi connectivity index (χ3v) is 5.12. The fourth-order valence-corrected chi connectivity index (χ4v) is 3.55. The van der Waals surface area contributed by atoms with Gasteiger partial charge in [0.15, 0.2) is 0 Å². The highest BCUT2D eigenvalue weighted by Gasteiger charge is 2.48. The molecule has 132 valence electrons. The van der Waals surface area contributed by atoms with Gasteiger partial charge in [-0.15, -0.1) is 0 Å². The zero-order valence-electron chi connectivity index (χ0n) is 14.6. The summed E-state index contributed by atoms with van der Waals surface area (Å²) >= 11 is 0. The van der Waals surface area contributed by atoms with Crippen molar-refractivity contribution in [1.82, 2.24) is 9.88 Å². The van der Waals surface area contributed by atoms with E-state index in [1.165, 1.54) is 0 Å². The number of nitrogens with two attached hydrogens (primary N) is 1. The smallest absolute Gasteiger partial charge is 0.238 e. The first-order chi connectivity index (χ1) is 12.1. The lowest BCUT2D eigenvalue weighted by atomic mass is 9.79. The molecule has 2 aromatic rings. The van der Waals surface area contributed by atoms with Gasteiger partial charge in [-0.1, -0.05) is 18.2 Å². The first-order valence-corrected chi connectivity index (χ1v) is 8.72. The average molecular weight is 339 g/mol. The molecule has 1 fully saturated rings. The molecule has 1 amide bonds. The van der Waals surface area contributed by atoms with Crippen LogP contribution in [0.2, 0.25) is 0 Å². The summed E-state index contributed by atoms with van der Waals surface area (Å²) < 4.78 is 5.28. The summed E-state index contributed by atoms with van der Waals surface area (Å²) in [5, 5.41) is 0. The zero-order valence-corrected chi connectivity index (χ0v) is 14.6. The predicted molar refractivity (Wildman–Crippen MR) is 97.1 cm³/mol. The lowest BCUT2D eigenvalue weighted by Gasteiger charge is -2.51. The fourth-order valence-electron chi connectivity index (χ4n) is 3.55. The number of benzene rings is 1. The molecular formula is C20H25N3O2. The third kappa shape index (κ3) is 3.82. The van der Waals surface area contributed by atoms with Gasteiger partial charge in [0.25, 0.3) is 0 Å². The van der Waals surface area contributed by atoms with E-state index in [0.717, 1.165) is 49.2 Å². The number of likely N-dealkylation sites (tertiary alicyclic amines) is 1. The Bertz CT molecular complexity index is 720. The molecule has 0 radical (unpaired) electrons. The van der Waals surface area contributed by atoms with E-state index >= 15 is 0 Å². The summed E-state index contributed by atoms with van der Waals surface area (Å²) in [5.41, 5.74) is 7.45. The van der Waals surface area contributed by atoms with E-state index in [-0.39, 0.29) is 5.91 Å². The molecule has 0 spiro atoms. The molecule has 0 aliphatic carbocycles. The second-order valence-electron chi connectivity index (χ2n) is 6.59. The topological polar surface area (TPSA) is 68.4 Å². The highest BCUT2D eigenvalue weighted by molar-refractivity contribution is 5.85. The lowest BCUT2D eigenvalue weighted by Crippen LogP contribution is -2.66. The Morgan fingerprint density at radius 3 is 2.84 bits per heavy atom. The van der Waals surface area contributed by atoms with Gasteiger partial charge in [-0.05, 0) is 55.5 Å². The molecule has 1 aliphatic heterocycles. The number of aryl methyl sites for hydroxylation is 1. The Kier molecular flexibility index (Phi) is 5.34. The van der Waals surface area contributed by atoms with Crippen molar-refractivity contribution < 1.29 is 9.53 Å². The normalized spacial score (nSPS) is 20.0. The van der Waals surface area contributed by atoms with Crippen molar-refractivity contribution in [2.45, 2.75) is 37.8 Å². The molecule has 1 aliphatic rings. The minimum absolute atomic E-state index is 0.220. The largest absolute Gasteiger partial charge is 0.497 e. The molecule has 1 aromatic carbocycles. The van der Waals surface area contributed by atoms with Gasteiger partial charge in [0.05, 0.1) is 7.11 Å². The first kappa shape index (κ1) is 17.4. The highest BCUT2D eigenvalue weighted by Crippen LogP contribution is 2.37. The van der Waals surface area contributed by atoms with Gasteiger partial charge in [0, 0.05) is 25.0 Å². The molecule has 1 aromatic heterocycles. The summed E-state index contributed by atoms with van der Waals surface area (Å²) in [7, 11) is 1.66. The molecule has 0 bridgehead atoms. The standard InChI is InChI=1S/C20H25N3O2/c1-25-18-9-4-6-16(14-18)15-23-13-11-20(23,19(21)24)10-5-8-17-7-2-3-12-22-17/h2-4,6-7,9,12,14H,5,8,10-11,13,15H2,1H3,(H2,21,24). The van der Waals surface area contributed by atoms with Gasteiger partial charge in [-0.25, -0.2) is 0 Å². The molecule has 3 rings (SSSR count). The predicted octanol–water partition coefficient (Wildman–Crippen LogP) is 2.54. The number of rotatable bonds is 8. The van der Waals surface area contributed by atoms with Crippen LogP contribution in [0.5, 0.6) is 5.75 Å². The van der Waals surface area contributed by atoms with Crippen LogP contribution in [0.3, 0.4) is 0 Å². The van der Waals surface area contributed by atoms with Crippen LogP contribution in [-0.4, -0.2) is 35.0 Å². The SMILES string of the molecule is COc1cccc(CN2CCC2(CCCc2ccccn2)C(N)=O)c1. The summed E-state index contributed by atoms with van der Waals surface area (Å²) in [6.45, 7) is 1.60. The molecular weight excluding hydrogens is 314 g/mol. The van der Waals surface area contributed by atoms with E-state index in [0.29, 0.717) is 6.54 Å². The number of aromatic nitrogens is 1. The first-order valence-electron chi connectivity index (χ1n) is 8.72.